The van der Waals surface area contributed by atoms with Crippen LogP contribution in [0.3, 0.4) is 0 Å². The molecule has 0 saturated carbocycles. The van der Waals surface area contributed by atoms with Crippen LogP contribution in [0.1, 0.15) is 28.6 Å². The molecule has 0 radical (unpaired) electrons. The van der Waals surface area contributed by atoms with Gasteiger partial charge in [0.1, 0.15) is 5.69 Å². The van der Waals surface area contributed by atoms with E-state index >= 15 is 0 Å². The first-order chi connectivity index (χ1) is 12.7. The summed E-state index contributed by atoms with van der Waals surface area (Å²) in [5, 5.41) is 9.33. The zero-order chi connectivity index (χ0) is 17.9. The zero-order valence-corrected chi connectivity index (χ0v) is 15.4. The van der Waals surface area contributed by atoms with Gasteiger partial charge in [-0.2, -0.15) is 0 Å². The van der Waals surface area contributed by atoms with Crippen molar-refractivity contribution in [3.63, 3.8) is 0 Å². The van der Waals surface area contributed by atoms with Gasteiger partial charge >= 0.3 is 0 Å². The van der Waals surface area contributed by atoms with Gasteiger partial charge in [-0.3, -0.25) is 4.90 Å². The molecule has 1 aromatic heterocycles. The maximum atomic E-state index is 6.06. The highest BCUT2D eigenvalue weighted by atomic mass is 35.5. The molecule has 6 heteroatoms. The summed E-state index contributed by atoms with van der Waals surface area (Å²) < 4.78 is 7.75. The van der Waals surface area contributed by atoms with Gasteiger partial charge < -0.3 is 4.74 Å². The molecule has 0 N–H and O–H groups in total. The fourth-order valence-corrected chi connectivity index (χ4v) is 3.52. The van der Waals surface area contributed by atoms with Gasteiger partial charge in [-0.05, 0) is 30.2 Å². The second kappa shape index (κ2) is 7.58. The van der Waals surface area contributed by atoms with Gasteiger partial charge in [0.2, 0.25) is 0 Å². The average Bonchev–Trinajstić information content (AvgIpc) is 3.24. The van der Waals surface area contributed by atoms with Gasteiger partial charge in [0, 0.05) is 18.1 Å². The Labute approximate surface area is 158 Å². The summed E-state index contributed by atoms with van der Waals surface area (Å²) in [7, 11) is 0. The van der Waals surface area contributed by atoms with Crippen LogP contribution in [0.2, 0.25) is 5.02 Å². The van der Waals surface area contributed by atoms with E-state index in [1.54, 1.807) is 0 Å². The normalized spacial score (nSPS) is 17.7. The summed E-state index contributed by atoms with van der Waals surface area (Å²) in [6.07, 6.45) is 1.81. The molecule has 134 valence electrons. The van der Waals surface area contributed by atoms with Gasteiger partial charge in [-0.15, -0.1) is 5.10 Å². The molecule has 0 aliphatic carbocycles. The fourth-order valence-electron chi connectivity index (χ4n) is 3.31. The van der Waals surface area contributed by atoms with Crippen molar-refractivity contribution in [2.45, 2.75) is 26.2 Å². The van der Waals surface area contributed by atoms with Gasteiger partial charge in [0.25, 0.3) is 0 Å². The summed E-state index contributed by atoms with van der Waals surface area (Å²) in [4.78, 5) is 2.29. The van der Waals surface area contributed by atoms with Crippen molar-refractivity contribution in [2.24, 2.45) is 0 Å². The third-order valence-electron chi connectivity index (χ3n) is 4.50. The predicted molar refractivity (Wildman–Crippen MR) is 101 cm³/mol. The Morgan fingerprint density at radius 1 is 1.12 bits per heavy atom. The summed E-state index contributed by atoms with van der Waals surface area (Å²) in [5.41, 5.74) is 4.49. The monoisotopic (exact) mass is 368 g/mol. The molecule has 5 nitrogen and oxygen atoms in total. The summed E-state index contributed by atoms with van der Waals surface area (Å²) in [6.45, 7) is 5.19. The van der Waals surface area contributed by atoms with Crippen LogP contribution in [0.25, 0.3) is 0 Å². The molecule has 1 fully saturated rings. The minimum absolute atomic E-state index is 0.149. The van der Waals surface area contributed by atoms with Gasteiger partial charge in [-0.1, -0.05) is 58.8 Å². The molecule has 1 saturated heterocycles. The van der Waals surface area contributed by atoms with Gasteiger partial charge in [-0.25, -0.2) is 4.68 Å². The lowest BCUT2D eigenvalue weighted by atomic mass is 10.1. The average molecular weight is 369 g/mol. The van der Waals surface area contributed by atoms with E-state index in [9.17, 15) is 0 Å². The number of aryl methyl sites for hydroxylation is 1. The molecule has 3 aromatic rings. The van der Waals surface area contributed by atoms with Crippen LogP contribution in [-0.4, -0.2) is 33.0 Å². The first kappa shape index (κ1) is 17.2. The smallest absolute Gasteiger partial charge is 0.157 e. The maximum absolute atomic E-state index is 6.06. The van der Waals surface area contributed by atoms with Crippen LogP contribution < -0.4 is 0 Å². The predicted octanol–water partition coefficient (Wildman–Crippen LogP) is 3.82. The molecule has 1 aliphatic rings. The highest BCUT2D eigenvalue weighted by Gasteiger charge is 2.29. The van der Waals surface area contributed by atoms with Crippen molar-refractivity contribution >= 4 is 11.6 Å². The van der Waals surface area contributed by atoms with E-state index in [1.807, 2.05) is 35.1 Å². The Balaban J connectivity index is 1.47. The molecular formula is C20H21ClN4O. The van der Waals surface area contributed by atoms with Crippen LogP contribution in [0.5, 0.6) is 0 Å². The van der Waals surface area contributed by atoms with Crippen LogP contribution in [0, 0.1) is 6.92 Å². The Kier molecular flexibility index (Phi) is 5.02. The van der Waals surface area contributed by atoms with E-state index in [1.165, 1.54) is 11.1 Å². The van der Waals surface area contributed by atoms with Crippen LogP contribution in [0.4, 0.5) is 0 Å². The van der Waals surface area contributed by atoms with E-state index in [-0.39, 0.29) is 6.23 Å². The number of aromatic nitrogens is 3. The van der Waals surface area contributed by atoms with E-state index < -0.39 is 0 Å². The van der Waals surface area contributed by atoms with Crippen molar-refractivity contribution in [1.82, 2.24) is 19.9 Å². The molecule has 0 unspecified atom stereocenters. The number of hydrogen-bond donors (Lipinski definition) is 0. The first-order valence-corrected chi connectivity index (χ1v) is 9.11. The van der Waals surface area contributed by atoms with Crippen LogP contribution in [0.15, 0.2) is 54.7 Å². The number of rotatable bonds is 5. The second-order valence-corrected chi connectivity index (χ2v) is 7.09. The third-order valence-corrected chi connectivity index (χ3v) is 4.73. The number of hydrogen-bond acceptors (Lipinski definition) is 4. The third kappa shape index (κ3) is 3.96. The fraction of sp³-hybridized carbons (Fsp3) is 0.300. The largest absolute Gasteiger partial charge is 0.356 e. The summed E-state index contributed by atoms with van der Waals surface area (Å²) in [5.74, 6) is 0. The highest BCUT2D eigenvalue weighted by Crippen LogP contribution is 2.27. The maximum Gasteiger partial charge on any atom is 0.157 e. The van der Waals surface area contributed by atoms with Crippen molar-refractivity contribution in [1.29, 1.82) is 0 Å². The Morgan fingerprint density at radius 3 is 2.73 bits per heavy atom. The molecule has 26 heavy (non-hydrogen) atoms. The Bertz CT molecular complexity index is 895. The van der Waals surface area contributed by atoms with Crippen molar-refractivity contribution in [3.8, 4) is 0 Å². The molecule has 2 heterocycles. The summed E-state index contributed by atoms with van der Waals surface area (Å²) in [6, 6.07) is 16.4. The molecule has 1 atom stereocenters. The SMILES string of the molecule is Cc1cccc(CN2CCO[C@H]2c2cn(Cc3cccc(Cl)c3)nn2)c1. The quantitative estimate of drug-likeness (QED) is 0.686. The van der Waals surface area contributed by atoms with E-state index in [0.717, 1.165) is 29.4 Å². The summed E-state index contributed by atoms with van der Waals surface area (Å²) >= 11 is 6.06. The van der Waals surface area contributed by atoms with E-state index in [0.29, 0.717) is 13.2 Å². The Morgan fingerprint density at radius 2 is 1.92 bits per heavy atom. The highest BCUT2D eigenvalue weighted by molar-refractivity contribution is 6.30. The van der Waals surface area contributed by atoms with Crippen LogP contribution in [-0.2, 0) is 17.8 Å². The second-order valence-electron chi connectivity index (χ2n) is 6.65. The lowest BCUT2D eigenvalue weighted by Crippen LogP contribution is -2.23. The molecule has 0 amide bonds. The van der Waals surface area contributed by atoms with Crippen molar-refractivity contribution in [3.05, 3.63) is 82.1 Å². The van der Waals surface area contributed by atoms with E-state index in [4.69, 9.17) is 16.3 Å². The number of ether oxygens (including phenoxy) is 1. The lowest BCUT2D eigenvalue weighted by molar-refractivity contribution is 0.0252. The van der Waals surface area contributed by atoms with Gasteiger partial charge in [0.05, 0.1) is 19.3 Å². The minimum atomic E-state index is -0.149. The molecule has 0 bridgehead atoms. The lowest BCUT2D eigenvalue weighted by Gasteiger charge is -2.21. The van der Waals surface area contributed by atoms with Crippen molar-refractivity contribution in [2.75, 3.05) is 13.2 Å². The number of nitrogens with zero attached hydrogens (tertiary/aromatic N) is 4. The Hall–Kier alpha value is -2.21. The minimum Gasteiger partial charge on any atom is -0.356 e. The molecule has 0 spiro atoms. The van der Waals surface area contributed by atoms with E-state index in [2.05, 4.69) is 46.4 Å². The van der Waals surface area contributed by atoms with Crippen LogP contribution >= 0.6 is 11.6 Å². The first-order valence-electron chi connectivity index (χ1n) is 8.73. The topological polar surface area (TPSA) is 43.2 Å². The molecular weight excluding hydrogens is 348 g/mol. The van der Waals surface area contributed by atoms with Crippen molar-refractivity contribution < 1.29 is 4.74 Å². The molecule has 2 aromatic carbocycles. The van der Waals surface area contributed by atoms with Gasteiger partial charge in [0.15, 0.2) is 6.23 Å². The molecule has 1 aliphatic heterocycles. The number of benzene rings is 2. The molecule has 4 rings (SSSR count). The zero-order valence-electron chi connectivity index (χ0n) is 14.7. The standard InChI is InChI=1S/C20H21ClN4O/c1-15-4-2-5-16(10-15)12-24-8-9-26-20(24)19-14-25(23-22-19)13-17-6-3-7-18(21)11-17/h2-7,10-11,14,20H,8-9,12-13H2,1H3/t20-/m0/s1. The number of halogens is 1.